The molecular formula is C24H35ClO. The molecule has 0 aliphatic heterocycles. The van der Waals surface area contributed by atoms with E-state index < -0.39 is 0 Å². The van der Waals surface area contributed by atoms with Crippen LogP contribution in [0.3, 0.4) is 0 Å². The maximum Gasteiger partial charge on any atom is 0.119 e. The first-order chi connectivity index (χ1) is 12.8. The number of aryl methyl sites for hydroxylation is 1. The van der Waals surface area contributed by atoms with E-state index in [9.17, 15) is 0 Å². The Labute approximate surface area is 165 Å². The van der Waals surface area contributed by atoms with E-state index in [1.807, 2.05) is 6.92 Å². The highest BCUT2D eigenvalue weighted by Gasteiger charge is 2.30. The van der Waals surface area contributed by atoms with Gasteiger partial charge in [0.2, 0.25) is 0 Å². The van der Waals surface area contributed by atoms with Crippen molar-refractivity contribution in [3.8, 4) is 5.75 Å². The van der Waals surface area contributed by atoms with Gasteiger partial charge in [0.1, 0.15) is 5.75 Å². The molecule has 2 fully saturated rings. The lowest BCUT2D eigenvalue weighted by molar-refractivity contribution is 0.153. The molecule has 0 radical (unpaired) electrons. The summed E-state index contributed by atoms with van der Waals surface area (Å²) in [4.78, 5) is 0. The predicted octanol–water partition coefficient (Wildman–Crippen LogP) is 7.38. The lowest BCUT2D eigenvalue weighted by Gasteiger charge is -2.37. The van der Waals surface area contributed by atoms with Crippen molar-refractivity contribution in [1.82, 2.24) is 0 Å². The molecule has 3 rings (SSSR count). The molecule has 0 unspecified atom stereocenters. The molecule has 1 nitrogen and oxygen atoms in total. The Kier molecular flexibility index (Phi) is 7.92. The predicted molar refractivity (Wildman–Crippen MR) is 112 cm³/mol. The third-order valence-electron chi connectivity index (χ3n) is 6.80. The third kappa shape index (κ3) is 5.78. The van der Waals surface area contributed by atoms with Crippen molar-refractivity contribution < 1.29 is 4.74 Å². The van der Waals surface area contributed by atoms with E-state index in [0.29, 0.717) is 0 Å². The van der Waals surface area contributed by atoms with Crippen molar-refractivity contribution in [3.05, 3.63) is 41.4 Å². The fraction of sp³-hybridized carbons (Fsp3) is 0.667. The maximum atomic E-state index is 5.74. The van der Waals surface area contributed by atoms with Crippen LogP contribution < -0.4 is 4.74 Å². The van der Waals surface area contributed by atoms with E-state index in [4.69, 9.17) is 16.3 Å². The first kappa shape index (κ1) is 19.8. The van der Waals surface area contributed by atoms with Gasteiger partial charge in [0.25, 0.3) is 0 Å². The van der Waals surface area contributed by atoms with Crippen molar-refractivity contribution in [2.45, 2.75) is 71.1 Å². The summed E-state index contributed by atoms with van der Waals surface area (Å²) in [6.07, 6.45) is 16.2. The molecule has 2 aliphatic rings. The zero-order chi connectivity index (χ0) is 18.2. The zero-order valence-corrected chi connectivity index (χ0v) is 17.1. The topological polar surface area (TPSA) is 9.23 Å². The van der Waals surface area contributed by atoms with Crippen molar-refractivity contribution in [2.75, 3.05) is 6.61 Å². The molecule has 2 saturated carbocycles. The Morgan fingerprint density at radius 3 is 2.12 bits per heavy atom. The Morgan fingerprint density at radius 1 is 0.923 bits per heavy atom. The summed E-state index contributed by atoms with van der Waals surface area (Å²) in [7, 11) is 0. The lowest BCUT2D eigenvalue weighted by Crippen LogP contribution is -2.25. The average molecular weight is 375 g/mol. The highest BCUT2D eigenvalue weighted by molar-refractivity contribution is 6.25. The Bertz CT molecular complexity index is 534. The van der Waals surface area contributed by atoms with Gasteiger partial charge < -0.3 is 4.74 Å². The molecule has 1 aromatic rings. The summed E-state index contributed by atoms with van der Waals surface area (Å²) in [6, 6.07) is 8.71. The molecule has 0 spiro atoms. The van der Waals surface area contributed by atoms with Gasteiger partial charge in [-0.1, -0.05) is 42.7 Å². The smallest absolute Gasteiger partial charge is 0.119 e. The van der Waals surface area contributed by atoms with Gasteiger partial charge in [0.15, 0.2) is 0 Å². The second-order valence-corrected chi connectivity index (χ2v) is 8.64. The summed E-state index contributed by atoms with van der Waals surface area (Å²) in [5, 5.41) is 0. The number of halogens is 1. The second kappa shape index (κ2) is 10.4. The van der Waals surface area contributed by atoms with E-state index >= 15 is 0 Å². The van der Waals surface area contributed by atoms with Crippen LogP contribution in [-0.2, 0) is 6.42 Å². The molecule has 26 heavy (non-hydrogen) atoms. The lowest BCUT2D eigenvalue weighted by atomic mass is 9.68. The largest absolute Gasteiger partial charge is 0.494 e. The molecule has 0 aromatic heterocycles. The molecule has 0 bridgehead atoms. The molecule has 0 heterocycles. The van der Waals surface area contributed by atoms with Gasteiger partial charge in [-0.15, -0.1) is 0 Å². The molecular weight excluding hydrogens is 340 g/mol. The van der Waals surface area contributed by atoms with Crippen LogP contribution in [0, 0.1) is 23.7 Å². The molecule has 0 saturated heterocycles. The van der Waals surface area contributed by atoms with Crippen LogP contribution in [0.25, 0.3) is 0 Å². The standard InChI is InChI=1S/C24H35ClO/c1-2-26-24-15-9-20(10-16-24)4-3-19-5-11-22(12-6-19)23-13-7-21(8-14-23)17-18-25/h9-10,15-19,21-23H,2-8,11-14H2,1H3. The maximum absolute atomic E-state index is 5.74. The van der Waals surface area contributed by atoms with E-state index in [0.717, 1.165) is 36.0 Å². The molecule has 1 aromatic carbocycles. The average Bonchev–Trinajstić information content (AvgIpc) is 2.69. The summed E-state index contributed by atoms with van der Waals surface area (Å²) < 4.78 is 5.53. The van der Waals surface area contributed by atoms with Crippen LogP contribution in [-0.4, -0.2) is 6.61 Å². The molecule has 2 heteroatoms. The monoisotopic (exact) mass is 374 g/mol. The van der Waals surface area contributed by atoms with Crippen molar-refractivity contribution >= 4 is 11.6 Å². The molecule has 144 valence electrons. The van der Waals surface area contributed by atoms with Gasteiger partial charge in [0.05, 0.1) is 6.61 Å². The Hall–Kier alpha value is -0.950. The first-order valence-electron chi connectivity index (χ1n) is 10.8. The summed E-state index contributed by atoms with van der Waals surface area (Å²) in [6.45, 7) is 2.78. The minimum absolute atomic E-state index is 0.744. The van der Waals surface area contributed by atoms with E-state index in [-0.39, 0.29) is 0 Å². The normalized spacial score (nSPS) is 29.8. The van der Waals surface area contributed by atoms with Gasteiger partial charge >= 0.3 is 0 Å². The van der Waals surface area contributed by atoms with Crippen LogP contribution in [0.2, 0.25) is 0 Å². The van der Waals surface area contributed by atoms with Crippen LogP contribution >= 0.6 is 11.6 Å². The number of ether oxygens (including phenoxy) is 1. The van der Waals surface area contributed by atoms with Gasteiger partial charge in [0, 0.05) is 5.54 Å². The number of allylic oxidation sites excluding steroid dienone is 1. The van der Waals surface area contributed by atoms with Gasteiger partial charge in [-0.2, -0.15) is 0 Å². The minimum atomic E-state index is 0.744. The molecule has 0 amide bonds. The SMILES string of the molecule is CCOc1ccc(CCC2CCC(C3CCC(C=CCl)CC3)CC2)cc1. The highest BCUT2D eigenvalue weighted by Crippen LogP contribution is 2.42. The van der Waals surface area contributed by atoms with Crippen LogP contribution in [0.1, 0.15) is 70.3 Å². The third-order valence-corrected chi connectivity index (χ3v) is 6.94. The minimum Gasteiger partial charge on any atom is -0.494 e. The fourth-order valence-corrected chi connectivity index (χ4v) is 5.36. The second-order valence-electron chi connectivity index (χ2n) is 8.39. The quantitative estimate of drug-likeness (QED) is 0.483. The van der Waals surface area contributed by atoms with E-state index in [1.54, 1.807) is 5.54 Å². The van der Waals surface area contributed by atoms with Gasteiger partial charge in [-0.05, 0) is 99.7 Å². The summed E-state index contributed by atoms with van der Waals surface area (Å²) in [5.41, 5.74) is 3.18. The van der Waals surface area contributed by atoms with Crippen LogP contribution in [0.5, 0.6) is 5.75 Å². The van der Waals surface area contributed by atoms with Crippen molar-refractivity contribution in [2.24, 2.45) is 23.7 Å². The fourth-order valence-electron chi connectivity index (χ4n) is 5.15. The van der Waals surface area contributed by atoms with E-state index in [2.05, 4.69) is 30.3 Å². The Balaban J connectivity index is 1.36. The summed E-state index contributed by atoms with van der Waals surface area (Å²) >= 11 is 5.74. The molecule has 0 N–H and O–H groups in total. The van der Waals surface area contributed by atoms with Crippen molar-refractivity contribution in [3.63, 3.8) is 0 Å². The zero-order valence-electron chi connectivity index (χ0n) is 16.3. The van der Waals surface area contributed by atoms with Gasteiger partial charge in [-0.3, -0.25) is 0 Å². The van der Waals surface area contributed by atoms with E-state index in [1.165, 1.54) is 69.8 Å². The highest BCUT2D eigenvalue weighted by atomic mass is 35.5. The summed E-state index contributed by atoms with van der Waals surface area (Å²) in [5.74, 6) is 4.66. The number of benzene rings is 1. The number of rotatable bonds is 7. The first-order valence-corrected chi connectivity index (χ1v) is 11.2. The van der Waals surface area contributed by atoms with Crippen LogP contribution in [0.15, 0.2) is 35.9 Å². The van der Waals surface area contributed by atoms with Crippen molar-refractivity contribution in [1.29, 1.82) is 0 Å². The van der Waals surface area contributed by atoms with Gasteiger partial charge in [-0.25, -0.2) is 0 Å². The number of hydrogen-bond donors (Lipinski definition) is 0. The molecule has 0 atom stereocenters. The van der Waals surface area contributed by atoms with Crippen LogP contribution in [0.4, 0.5) is 0 Å². The number of hydrogen-bond acceptors (Lipinski definition) is 1. The molecule has 2 aliphatic carbocycles. The Morgan fingerprint density at radius 2 is 1.54 bits per heavy atom.